The Balaban J connectivity index is 0.000000293. The highest BCUT2D eigenvalue weighted by Gasteiger charge is 2.43. The molecule has 0 aromatic carbocycles. The third-order valence-corrected chi connectivity index (χ3v) is 4.79. The molecule has 0 bridgehead atoms. The molecule has 2 atom stereocenters. The standard InChI is InChI=1S/C12H13N3O2.CH7NO6P2.CH5N.H3O3P/c16-9-7-8(13-1-2-13)12(17)11(15-5-6-15)10(9)14-3-4-14;2-1(7-9(3)4)8-10(5)6;1-2;1-4(2)3/h7H,1-6H2;1,9-10H,2H2,(H,3,4)(H,5,6);2H2,1H3;4H,(H2,1,2,3). The summed E-state index contributed by atoms with van der Waals surface area (Å²) in [5, 5.41) is 0. The molecule has 4 rings (SSSR count). The van der Waals surface area contributed by atoms with Crippen molar-refractivity contribution in [3.8, 4) is 0 Å². The van der Waals surface area contributed by atoms with Gasteiger partial charge >= 0.3 is 24.8 Å². The molecule has 0 amide bonds. The van der Waals surface area contributed by atoms with Crippen molar-refractivity contribution in [1.82, 2.24) is 14.7 Å². The van der Waals surface area contributed by atoms with Gasteiger partial charge < -0.3 is 40.0 Å². The molecule has 3 heterocycles. The van der Waals surface area contributed by atoms with Gasteiger partial charge in [0.1, 0.15) is 11.4 Å². The Morgan fingerprint density at radius 1 is 0.818 bits per heavy atom. The second-order valence-corrected chi connectivity index (χ2v) is 8.40. The lowest BCUT2D eigenvalue weighted by atomic mass is 10.0. The van der Waals surface area contributed by atoms with Crippen molar-refractivity contribution in [3.05, 3.63) is 23.2 Å². The van der Waals surface area contributed by atoms with E-state index >= 15 is 0 Å². The molecule has 16 nitrogen and oxygen atoms in total. The maximum Gasteiger partial charge on any atom is 0.319 e. The molecule has 190 valence electrons. The van der Waals surface area contributed by atoms with Crippen molar-refractivity contribution in [1.29, 1.82) is 0 Å². The van der Waals surface area contributed by atoms with Gasteiger partial charge in [0.15, 0.2) is 0 Å². The third kappa shape index (κ3) is 11.0. The molecule has 3 aliphatic heterocycles. The van der Waals surface area contributed by atoms with Gasteiger partial charge in [-0.05, 0) is 7.05 Å². The number of ketones is 2. The molecular formula is C14H28N5O11P3. The number of hydrogen-bond donors (Lipinski definition) is 6. The van der Waals surface area contributed by atoms with Crippen LogP contribution in [0.2, 0.25) is 0 Å². The zero-order valence-electron chi connectivity index (χ0n) is 17.5. The van der Waals surface area contributed by atoms with Crippen molar-refractivity contribution in [2.45, 2.75) is 6.41 Å². The molecule has 33 heavy (non-hydrogen) atoms. The van der Waals surface area contributed by atoms with Gasteiger partial charge in [-0.1, -0.05) is 0 Å². The lowest BCUT2D eigenvalue weighted by molar-refractivity contribution is -0.117. The fraction of sp³-hybridized carbons (Fsp3) is 0.571. The molecule has 0 spiro atoms. The van der Waals surface area contributed by atoms with Crippen molar-refractivity contribution < 1.29 is 51.9 Å². The van der Waals surface area contributed by atoms with Gasteiger partial charge in [-0.25, -0.2) is 0 Å². The predicted molar refractivity (Wildman–Crippen MR) is 116 cm³/mol. The van der Waals surface area contributed by atoms with Gasteiger partial charge in [-0.2, -0.15) is 0 Å². The van der Waals surface area contributed by atoms with E-state index in [0.717, 1.165) is 39.3 Å². The Bertz CT molecular complexity index is 836. The summed E-state index contributed by atoms with van der Waals surface area (Å²) in [5.41, 5.74) is 11.1. The fourth-order valence-electron chi connectivity index (χ4n) is 2.50. The number of rotatable bonds is 7. The van der Waals surface area contributed by atoms with Crippen LogP contribution in [0.3, 0.4) is 0 Å². The van der Waals surface area contributed by atoms with Crippen LogP contribution in [0.4, 0.5) is 0 Å². The van der Waals surface area contributed by atoms with Crippen LogP contribution in [0, 0.1) is 0 Å². The van der Waals surface area contributed by atoms with E-state index in [9.17, 15) is 18.7 Å². The van der Waals surface area contributed by atoms with E-state index in [2.05, 4.69) is 14.8 Å². The average Bonchev–Trinajstić information content (AvgIpc) is 3.54. The predicted octanol–water partition coefficient (Wildman–Crippen LogP) is -2.86. The van der Waals surface area contributed by atoms with Crippen LogP contribution in [0.1, 0.15) is 0 Å². The van der Waals surface area contributed by atoms with Crippen LogP contribution in [0.25, 0.3) is 0 Å². The second-order valence-electron chi connectivity index (χ2n) is 6.30. The minimum absolute atomic E-state index is 0.00546. The number of carbonyl (C=O) groups excluding carboxylic acids is 2. The first kappa shape index (κ1) is 29.6. The fourth-order valence-corrected chi connectivity index (χ4v) is 3.09. The van der Waals surface area contributed by atoms with E-state index in [0.29, 0.717) is 17.1 Å². The smallest absolute Gasteiger partial charge is 0.319 e. The first-order chi connectivity index (χ1) is 15.5. The van der Waals surface area contributed by atoms with Crippen molar-refractivity contribution in [2.75, 3.05) is 46.3 Å². The van der Waals surface area contributed by atoms with Crippen LogP contribution in [0.15, 0.2) is 23.2 Å². The second kappa shape index (κ2) is 14.1. The number of nitrogens with zero attached hydrogens (tertiary/aromatic N) is 3. The molecule has 4 aliphatic rings. The summed E-state index contributed by atoms with van der Waals surface area (Å²) in [5.74, 6) is 0.0485. The zero-order chi connectivity index (χ0) is 25.3. The highest BCUT2D eigenvalue weighted by molar-refractivity contribution is 7.32. The molecule has 0 aromatic heterocycles. The first-order valence-electron chi connectivity index (χ1n) is 9.35. The van der Waals surface area contributed by atoms with Crippen molar-refractivity contribution in [3.63, 3.8) is 0 Å². The van der Waals surface area contributed by atoms with Crippen LogP contribution in [0.5, 0.6) is 0 Å². The van der Waals surface area contributed by atoms with E-state index in [1.165, 1.54) is 13.1 Å². The summed E-state index contributed by atoms with van der Waals surface area (Å²) in [6.07, 6.45) is -0.0940. The lowest BCUT2D eigenvalue weighted by Crippen LogP contribution is -2.29. The summed E-state index contributed by atoms with van der Waals surface area (Å²) in [7, 11) is -8.05. The van der Waals surface area contributed by atoms with E-state index < -0.39 is 31.2 Å². The minimum atomic E-state index is -3.21. The monoisotopic (exact) mass is 535 g/mol. The van der Waals surface area contributed by atoms with Gasteiger partial charge in [0.05, 0.1) is 5.70 Å². The van der Waals surface area contributed by atoms with Crippen molar-refractivity contribution >= 4 is 36.3 Å². The minimum Gasteiger partial charge on any atom is -0.365 e. The van der Waals surface area contributed by atoms with Crippen LogP contribution >= 0.6 is 24.8 Å². The van der Waals surface area contributed by atoms with Crippen LogP contribution in [-0.4, -0.2) is 98.6 Å². The Hall–Kier alpha value is -1.41. The van der Waals surface area contributed by atoms with E-state index in [1.807, 2.05) is 14.7 Å². The normalized spacial score (nSPS) is 21.0. The van der Waals surface area contributed by atoms with E-state index in [-0.39, 0.29) is 11.6 Å². The molecule has 1 aliphatic carbocycles. The molecule has 0 aromatic rings. The maximum absolute atomic E-state index is 12.4. The summed E-state index contributed by atoms with van der Waals surface area (Å²) < 4.78 is 36.2. The number of Topliss-reactive ketones (excluding diaryl/α,β-unsaturated/α-hetero) is 1. The first-order valence-corrected chi connectivity index (χ1v) is 13.2. The van der Waals surface area contributed by atoms with Gasteiger partial charge in [0, 0.05) is 45.3 Å². The van der Waals surface area contributed by atoms with Crippen LogP contribution in [-0.2, 0) is 32.3 Å². The molecule has 3 fully saturated rings. The summed E-state index contributed by atoms with van der Waals surface area (Å²) in [4.78, 5) is 60.8. The summed E-state index contributed by atoms with van der Waals surface area (Å²) in [6, 6.07) is 0. The molecule has 3 saturated heterocycles. The third-order valence-electron chi connectivity index (χ3n) is 3.92. The molecular weight excluding hydrogens is 507 g/mol. The van der Waals surface area contributed by atoms with Gasteiger partial charge in [-0.15, -0.1) is 0 Å². The van der Waals surface area contributed by atoms with Gasteiger partial charge in [-0.3, -0.25) is 38.1 Å². The Morgan fingerprint density at radius 3 is 1.52 bits per heavy atom. The van der Waals surface area contributed by atoms with Crippen LogP contribution < -0.4 is 11.5 Å². The number of carbonyl (C=O) groups is 2. The highest BCUT2D eigenvalue weighted by Crippen LogP contribution is 2.33. The number of hydrogen-bond acceptors (Lipinski definition) is 12. The Kier molecular flexibility index (Phi) is 12.7. The maximum atomic E-state index is 12.4. The SMILES string of the molecule is CN.NC(O[PH](=O)O)O[PH](=O)O.O=C1C=C(N2CC2)C(=O)C(N2CC2)=C1N1CC1.O=[PH](O)O. The number of nitrogens with two attached hydrogens (primary N) is 2. The topological polar surface area (TPSA) is 246 Å². The Morgan fingerprint density at radius 2 is 1.18 bits per heavy atom. The summed E-state index contributed by atoms with van der Waals surface area (Å²) in [6.45, 7) is 5.41. The Labute approximate surface area is 190 Å². The molecule has 8 N–H and O–H groups in total. The molecule has 2 unspecified atom stereocenters. The summed E-state index contributed by atoms with van der Waals surface area (Å²) >= 11 is 0. The van der Waals surface area contributed by atoms with Gasteiger partial charge in [0.25, 0.3) is 0 Å². The quantitative estimate of drug-likeness (QED) is 0.0830. The largest absolute Gasteiger partial charge is 0.365 e. The van der Waals surface area contributed by atoms with E-state index in [1.54, 1.807) is 0 Å². The highest BCUT2D eigenvalue weighted by atomic mass is 31.1. The molecule has 0 radical (unpaired) electrons. The molecule has 0 saturated carbocycles. The molecule has 19 heteroatoms. The van der Waals surface area contributed by atoms with E-state index in [4.69, 9.17) is 29.9 Å². The van der Waals surface area contributed by atoms with Gasteiger partial charge in [0.2, 0.25) is 18.0 Å². The van der Waals surface area contributed by atoms with Crippen molar-refractivity contribution in [2.24, 2.45) is 11.5 Å². The zero-order valence-corrected chi connectivity index (χ0v) is 20.5. The lowest BCUT2D eigenvalue weighted by Gasteiger charge is -2.21. The number of allylic oxidation sites excluding steroid dienone is 1. The average molecular weight is 535 g/mol.